The first-order valence-electron chi connectivity index (χ1n) is 4.24. The summed E-state index contributed by atoms with van der Waals surface area (Å²) < 4.78 is 5.91. The fourth-order valence-corrected chi connectivity index (χ4v) is 1.50. The van der Waals surface area contributed by atoms with Gasteiger partial charge in [0.2, 0.25) is 5.89 Å². The summed E-state index contributed by atoms with van der Waals surface area (Å²) in [5, 5.41) is 6.78. The second kappa shape index (κ2) is 4.51. The Hall–Kier alpha value is -1.25. The van der Waals surface area contributed by atoms with Gasteiger partial charge in [-0.3, -0.25) is 0 Å². The van der Waals surface area contributed by atoms with Crippen LogP contribution in [0.25, 0.3) is 0 Å². The Morgan fingerprint density at radius 1 is 1.53 bits per heavy atom. The topological polar surface area (TPSA) is 76.7 Å². The monoisotopic (exact) mass is 317 g/mol. The maximum absolute atomic E-state index is 4.96. The maximum atomic E-state index is 4.96. The number of rotatable bonds is 3. The Morgan fingerprint density at radius 3 is 3.07 bits per heavy atom. The van der Waals surface area contributed by atoms with E-state index in [1.165, 1.54) is 6.33 Å². The zero-order valence-electron chi connectivity index (χ0n) is 7.94. The van der Waals surface area contributed by atoms with Gasteiger partial charge in [0, 0.05) is 6.20 Å². The Morgan fingerprint density at radius 2 is 2.40 bits per heavy atom. The van der Waals surface area contributed by atoms with Crippen molar-refractivity contribution < 1.29 is 4.52 Å². The average Bonchev–Trinajstić information content (AvgIpc) is 2.63. The molecular weight excluding hydrogens is 309 g/mol. The Balaban J connectivity index is 2.02. The van der Waals surface area contributed by atoms with Crippen LogP contribution in [0.3, 0.4) is 0 Å². The molecule has 0 aliphatic heterocycles. The number of hydrogen-bond acceptors (Lipinski definition) is 6. The number of halogens is 1. The molecule has 2 aromatic rings. The van der Waals surface area contributed by atoms with Gasteiger partial charge in [-0.05, 0) is 29.5 Å². The largest absolute Gasteiger partial charge is 0.360 e. The van der Waals surface area contributed by atoms with Crippen LogP contribution in [0.1, 0.15) is 11.7 Å². The predicted molar refractivity (Wildman–Crippen MR) is 61.1 cm³/mol. The number of aromatic nitrogens is 4. The predicted octanol–water partition coefficient (Wildman–Crippen LogP) is 1.38. The molecule has 1 N–H and O–H groups in total. The quantitative estimate of drug-likeness (QED) is 0.862. The van der Waals surface area contributed by atoms with Crippen LogP contribution in [0.15, 0.2) is 17.0 Å². The molecule has 0 aliphatic carbocycles. The highest BCUT2D eigenvalue weighted by Crippen LogP contribution is 2.13. The number of anilines is 1. The summed E-state index contributed by atoms with van der Waals surface area (Å²) in [6, 6.07) is 0. The molecule has 0 saturated heterocycles. The molecule has 0 saturated carbocycles. The van der Waals surface area contributed by atoms with Crippen LogP contribution >= 0.6 is 22.6 Å². The first-order valence-corrected chi connectivity index (χ1v) is 5.32. The van der Waals surface area contributed by atoms with E-state index < -0.39 is 0 Å². The maximum Gasteiger partial charge on any atom is 0.245 e. The Kier molecular flexibility index (Phi) is 3.09. The van der Waals surface area contributed by atoms with E-state index in [0.717, 1.165) is 9.39 Å². The zero-order chi connectivity index (χ0) is 10.7. The first kappa shape index (κ1) is 10.3. The van der Waals surface area contributed by atoms with Crippen LogP contribution in [0.2, 0.25) is 0 Å². The lowest BCUT2D eigenvalue weighted by molar-refractivity contribution is 0.379. The van der Waals surface area contributed by atoms with E-state index in [9.17, 15) is 0 Å². The van der Waals surface area contributed by atoms with Crippen molar-refractivity contribution in [2.24, 2.45) is 0 Å². The molecule has 0 aliphatic rings. The van der Waals surface area contributed by atoms with Gasteiger partial charge in [-0.25, -0.2) is 9.97 Å². The highest BCUT2D eigenvalue weighted by molar-refractivity contribution is 14.1. The molecule has 0 radical (unpaired) electrons. The molecule has 2 aromatic heterocycles. The highest BCUT2D eigenvalue weighted by Gasteiger charge is 2.04. The van der Waals surface area contributed by atoms with E-state index in [4.69, 9.17) is 4.52 Å². The molecular formula is C8H8IN5O. The van der Waals surface area contributed by atoms with E-state index in [1.54, 1.807) is 13.1 Å². The second-order valence-corrected chi connectivity index (χ2v) is 3.97. The van der Waals surface area contributed by atoms with Crippen LogP contribution in [0.5, 0.6) is 0 Å². The fraction of sp³-hybridized carbons (Fsp3) is 0.250. The fourth-order valence-electron chi connectivity index (χ4n) is 1.01. The van der Waals surface area contributed by atoms with Gasteiger partial charge < -0.3 is 9.84 Å². The van der Waals surface area contributed by atoms with Crippen LogP contribution in [-0.4, -0.2) is 20.1 Å². The van der Waals surface area contributed by atoms with Crippen LogP contribution < -0.4 is 5.32 Å². The molecule has 0 amide bonds. The first-order chi connectivity index (χ1) is 7.25. The van der Waals surface area contributed by atoms with E-state index in [1.807, 2.05) is 0 Å². The molecule has 0 bridgehead atoms. The zero-order valence-corrected chi connectivity index (χ0v) is 10.1. The molecule has 0 atom stereocenters. The third-order valence-electron chi connectivity index (χ3n) is 1.64. The van der Waals surface area contributed by atoms with Gasteiger partial charge in [-0.15, -0.1) is 0 Å². The molecule has 7 heteroatoms. The molecule has 15 heavy (non-hydrogen) atoms. The van der Waals surface area contributed by atoms with E-state index >= 15 is 0 Å². The lowest BCUT2D eigenvalue weighted by Gasteiger charge is -2.02. The van der Waals surface area contributed by atoms with Crippen LogP contribution in [-0.2, 0) is 6.54 Å². The van der Waals surface area contributed by atoms with Crippen molar-refractivity contribution in [2.45, 2.75) is 13.5 Å². The minimum atomic E-state index is 0.466. The normalized spacial score (nSPS) is 10.3. The van der Waals surface area contributed by atoms with E-state index in [0.29, 0.717) is 18.3 Å². The summed E-state index contributed by atoms with van der Waals surface area (Å²) in [5.74, 6) is 1.94. The Bertz CT molecular complexity index is 458. The number of aryl methyl sites for hydroxylation is 1. The van der Waals surface area contributed by atoms with Crippen LogP contribution in [0.4, 0.5) is 5.82 Å². The summed E-state index contributed by atoms with van der Waals surface area (Å²) in [4.78, 5) is 12.0. The summed E-state index contributed by atoms with van der Waals surface area (Å²) >= 11 is 2.15. The minimum absolute atomic E-state index is 0.466. The molecule has 78 valence electrons. The lowest BCUT2D eigenvalue weighted by Crippen LogP contribution is -2.03. The van der Waals surface area contributed by atoms with Gasteiger partial charge >= 0.3 is 0 Å². The van der Waals surface area contributed by atoms with Gasteiger partial charge in [-0.1, -0.05) is 5.16 Å². The van der Waals surface area contributed by atoms with Crippen molar-refractivity contribution in [3.8, 4) is 0 Å². The van der Waals surface area contributed by atoms with E-state index in [-0.39, 0.29) is 0 Å². The third kappa shape index (κ3) is 2.61. The van der Waals surface area contributed by atoms with Gasteiger partial charge in [0.15, 0.2) is 5.82 Å². The number of hydrogen-bond donors (Lipinski definition) is 1. The second-order valence-electron chi connectivity index (χ2n) is 2.81. The van der Waals surface area contributed by atoms with Gasteiger partial charge in [-0.2, -0.15) is 4.98 Å². The van der Waals surface area contributed by atoms with Gasteiger partial charge in [0.05, 0.1) is 10.1 Å². The van der Waals surface area contributed by atoms with Crippen LogP contribution in [0, 0.1) is 10.5 Å². The van der Waals surface area contributed by atoms with Crippen molar-refractivity contribution in [1.29, 1.82) is 0 Å². The number of nitrogens with one attached hydrogen (secondary N) is 1. The molecule has 0 aromatic carbocycles. The smallest absolute Gasteiger partial charge is 0.245 e. The van der Waals surface area contributed by atoms with Crippen molar-refractivity contribution in [2.75, 3.05) is 5.32 Å². The van der Waals surface area contributed by atoms with Gasteiger partial charge in [0.1, 0.15) is 12.1 Å². The minimum Gasteiger partial charge on any atom is -0.360 e. The molecule has 0 spiro atoms. The molecule has 2 heterocycles. The van der Waals surface area contributed by atoms with Crippen molar-refractivity contribution in [3.05, 3.63) is 27.8 Å². The Labute approximate surface area is 99.7 Å². The van der Waals surface area contributed by atoms with Gasteiger partial charge in [0.25, 0.3) is 0 Å². The SMILES string of the molecule is Cc1noc(CNc2ncncc2I)n1. The summed E-state index contributed by atoms with van der Waals surface area (Å²) in [6.07, 6.45) is 3.22. The van der Waals surface area contributed by atoms with Crippen molar-refractivity contribution >= 4 is 28.4 Å². The summed E-state index contributed by atoms with van der Waals surface area (Å²) in [6.45, 7) is 2.25. The molecule has 2 rings (SSSR count). The lowest BCUT2D eigenvalue weighted by atomic mass is 10.5. The van der Waals surface area contributed by atoms with E-state index in [2.05, 4.69) is 48.0 Å². The highest BCUT2D eigenvalue weighted by atomic mass is 127. The molecule has 0 fully saturated rings. The molecule has 0 unspecified atom stereocenters. The molecule has 6 nitrogen and oxygen atoms in total. The summed E-state index contributed by atoms with van der Waals surface area (Å²) in [5.41, 5.74) is 0. The summed E-state index contributed by atoms with van der Waals surface area (Å²) in [7, 11) is 0. The number of nitrogens with zero attached hydrogens (tertiary/aromatic N) is 4. The van der Waals surface area contributed by atoms with Crippen molar-refractivity contribution in [1.82, 2.24) is 20.1 Å². The standard InChI is InChI=1S/C8H8IN5O/c1-5-13-7(15-14-5)3-11-8-6(9)2-10-4-12-8/h2,4H,3H2,1H3,(H,10,11,12). The third-order valence-corrected chi connectivity index (χ3v) is 2.43. The average molecular weight is 317 g/mol. The van der Waals surface area contributed by atoms with Crippen molar-refractivity contribution in [3.63, 3.8) is 0 Å².